The number of rotatable bonds is 1. The van der Waals surface area contributed by atoms with Crippen LogP contribution in [0.5, 0.6) is 0 Å². The molecular formula is C17H12O. The second kappa shape index (κ2) is 4.11. The molecule has 0 amide bonds. The number of hydrogen-bond donors (Lipinski definition) is 0. The van der Waals surface area contributed by atoms with Crippen molar-refractivity contribution in [2.45, 2.75) is 0 Å². The van der Waals surface area contributed by atoms with E-state index in [1.807, 2.05) is 60.7 Å². The molecule has 0 aromatic heterocycles. The molecule has 0 saturated heterocycles. The lowest BCUT2D eigenvalue weighted by Gasteiger charge is -1.98. The molecule has 0 atom stereocenters. The van der Waals surface area contributed by atoms with Crippen molar-refractivity contribution in [1.29, 1.82) is 0 Å². The molecule has 18 heavy (non-hydrogen) atoms. The monoisotopic (exact) mass is 232 g/mol. The number of allylic oxidation sites excluding steroid dienone is 2. The molecule has 1 aliphatic carbocycles. The van der Waals surface area contributed by atoms with Gasteiger partial charge in [0.1, 0.15) is 0 Å². The Morgan fingerprint density at radius 1 is 0.833 bits per heavy atom. The van der Waals surface area contributed by atoms with E-state index in [1.54, 1.807) is 0 Å². The van der Waals surface area contributed by atoms with Crippen LogP contribution in [0.3, 0.4) is 0 Å². The Kier molecular flexibility index (Phi) is 2.45. The molecule has 0 aliphatic heterocycles. The molecule has 0 fully saturated rings. The van der Waals surface area contributed by atoms with Crippen LogP contribution in [-0.4, -0.2) is 5.78 Å². The van der Waals surface area contributed by atoms with E-state index in [4.69, 9.17) is 0 Å². The number of ketones is 1. The summed E-state index contributed by atoms with van der Waals surface area (Å²) in [7, 11) is 0. The van der Waals surface area contributed by atoms with Gasteiger partial charge in [-0.1, -0.05) is 61.2 Å². The zero-order chi connectivity index (χ0) is 12.5. The van der Waals surface area contributed by atoms with E-state index in [0.717, 1.165) is 22.3 Å². The molecule has 3 rings (SSSR count). The fourth-order valence-electron chi connectivity index (χ4n) is 2.24. The minimum Gasteiger partial charge on any atom is -0.289 e. The summed E-state index contributed by atoms with van der Waals surface area (Å²) in [5, 5.41) is 0. The largest absolute Gasteiger partial charge is 0.289 e. The molecule has 1 nitrogen and oxygen atoms in total. The van der Waals surface area contributed by atoms with Crippen LogP contribution in [0.25, 0.3) is 11.6 Å². The number of benzene rings is 2. The highest BCUT2D eigenvalue weighted by Gasteiger charge is 2.27. The summed E-state index contributed by atoms with van der Waals surface area (Å²) in [6, 6.07) is 17.5. The van der Waals surface area contributed by atoms with Crippen molar-refractivity contribution in [2.24, 2.45) is 0 Å². The molecule has 0 saturated carbocycles. The van der Waals surface area contributed by atoms with Gasteiger partial charge in [-0.15, -0.1) is 0 Å². The van der Waals surface area contributed by atoms with Crippen LogP contribution in [0.1, 0.15) is 21.5 Å². The van der Waals surface area contributed by atoms with Crippen LogP contribution in [0.4, 0.5) is 0 Å². The highest BCUT2D eigenvalue weighted by molar-refractivity contribution is 6.28. The van der Waals surface area contributed by atoms with Crippen molar-refractivity contribution in [1.82, 2.24) is 0 Å². The lowest BCUT2D eigenvalue weighted by atomic mass is 10.0. The molecule has 0 N–H and O–H groups in total. The van der Waals surface area contributed by atoms with Crippen molar-refractivity contribution >= 4 is 17.4 Å². The quantitative estimate of drug-likeness (QED) is 0.680. The fraction of sp³-hybridized carbons (Fsp3) is 0. The van der Waals surface area contributed by atoms with E-state index in [2.05, 4.69) is 6.58 Å². The van der Waals surface area contributed by atoms with Crippen LogP contribution in [0.2, 0.25) is 0 Å². The van der Waals surface area contributed by atoms with Gasteiger partial charge in [0, 0.05) is 11.1 Å². The van der Waals surface area contributed by atoms with Crippen LogP contribution >= 0.6 is 0 Å². The minimum absolute atomic E-state index is 0.0689. The molecule has 0 radical (unpaired) electrons. The predicted octanol–water partition coefficient (Wildman–Crippen LogP) is 3.98. The summed E-state index contributed by atoms with van der Waals surface area (Å²) in [6.45, 7) is 4.03. The van der Waals surface area contributed by atoms with Crippen LogP contribution in [0.15, 0.2) is 66.7 Å². The Bertz CT molecular complexity index is 626. The van der Waals surface area contributed by atoms with Gasteiger partial charge in [0.15, 0.2) is 5.78 Å². The van der Waals surface area contributed by atoms with Gasteiger partial charge in [-0.3, -0.25) is 4.79 Å². The number of Topliss-reactive ketones (excluding diaryl/α,β-unsaturated/α-hetero) is 1. The SMILES string of the molecule is C=C1/C(=C/c2ccccc2)C(=O)c2ccccc21. The van der Waals surface area contributed by atoms with Crippen molar-refractivity contribution in [2.75, 3.05) is 0 Å². The van der Waals surface area contributed by atoms with Crippen molar-refractivity contribution in [3.8, 4) is 0 Å². The van der Waals surface area contributed by atoms with Gasteiger partial charge in [0.2, 0.25) is 0 Å². The third-order valence-corrected chi connectivity index (χ3v) is 3.18. The molecule has 1 heteroatoms. The third-order valence-electron chi connectivity index (χ3n) is 3.18. The maximum Gasteiger partial charge on any atom is 0.194 e. The average Bonchev–Trinajstić information content (AvgIpc) is 2.66. The minimum atomic E-state index is 0.0689. The van der Waals surface area contributed by atoms with Gasteiger partial charge in [-0.05, 0) is 22.8 Å². The van der Waals surface area contributed by atoms with Gasteiger partial charge in [0.25, 0.3) is 0 Å². The fourth-order valence-corrected chi connectivity index (χ4v) is 2.24. The maximum atomic E-state index is 12.3. The standard InChI is InChI=1S/C17H12O/c1-12-14-9-5-6-10-15(14)17(18)16(12)11-13-7-3-2-4-8-13/h2-11H,1H2/b16-11-. The number of fused-ring (bicyclic) bond motifs is 1. The van der Waals surface area contributed by atoms with Crippen molar-refractivity contribution in [3.63, 3.8) is 0 Å². The maximum absolute atomic E-state index is 12.3. The molecular weight excluding hydrogens is 220 g/mol. The molecule has 2 aromatic rings. The van der Waals surface area contributed by atoms with Gasteiger partial charge in [-0.2, -0.15) is 0 Å². The van der Waals surface area contributed by atoms with Crippen LogP contribution < -0.4 is 0 Å². The lowest BCUT2D eigenvalue weighted by molar-refractivity contribution is 0.104. The first kappa shape index (κ1) is 10.7. The Balaban J connectivity index is 2.10. The van der Waals surface area contributed by atoms with Gasteiger partial charge < -0.3 is 0 Å². The predicted molar refractivity (Wildman–Crippen MR) is 74.2 cm³/mol. The summed E-state index contributed by atoms with van der Waals surface area (Å²) in [5.74, 6) is 0.0689. The molecule has 0 spiro atoms. The molecule has 1 aliphatic rings. The topological polar surface area (TPSA) is 17.1 Å². The highest BCUT2D eigenvalue weighted by atomic mass is 16.1. The number of carbonyl (C=O) groups is 1. The molecule has 2 aromatic carbocycles. The van der Waals surface area contributed by atoms with E-state index >= 15 is 0 Å². The lowest BCUT2D eigenvalue weighted by Crippen LogP contribution is -1.94. The first-order chi connectivity index (χ1) is 8.77. The summed E-state index contributed by atoms with van der Waals surface area (Å²) < 4.78 is 0. The molecule has 0 bridgehead atoms. The summed E-state index contributed by atoms with van der Waals surface area (Å²) in [4.78, 5) is 12.3. The Hall–Kier alpha value is -2.41. The zero-order valence-corrected chi connectivity index (χ0v) is 9.89. The Labute approximate surface area is 106 Å². The Morgan fingerprint density at radius 3 is 2.11 bits per heavy atom. The zero-order valence-electron chi connectivity index (χ0n) is 9.89. The van der Waals surface area contributed by atoms with E-state index in [-0.39, 0.29) is 5.78 Å². The highest BCUT2D eigenvalue weighted by Crippen LogP contribution is 2.36. The first-order valence-corrected chi connectivity index (χ1v) is 5.87. The third kappa shape index (κ3) is 1.61. The van der Waals surface area contributed by atoms with E-state index in [1.165, 1.54) is 0 Å². The Morgan fingerprint density at radius 2 is 1.44 bits per heavy atom. The summed E-state index contributed by atoms with van der Waals surface area (Å²) >= 11 is 0. The van der Waals surface area contributed by atoms with E-state index in [0.29, 0.717) is 5.57 Å². The van der Waals surface area contributed by atoms with Crippen molar-refractivity contribution in [3.05, 3.63) is 83.4 Å². The van der Waals surface area contributed by atoms with Crippen molar-refractivity contribution < 1.29 is 4.79 Å². The van der Waals surface area contributed by atoms with E-state index in [9.17, 15) is 4.79 Å². The van der Waals surface area contributed by atoms with Gasteiger partial charge >= 0.3 is 0 Å². The number of carbonyl (C=O) groups excluding carboxylic acids is 1. The van der Waals surface area contributed by atoms with Crippen LogP contribution in [-0.2, 0) is 0 Å². The smallest absolute Gasteiger partial charge is 0.194 e. The first-order valence-electron chi connectivity index (χ1n) is 5.87. The second-order valence-corrected chi connectivity index (χ2v) is 4.32. The summed E-state index contributed by atoms with van der Waals surface area (Å²) in [6.07, 6.45) is 1.91. The second-order valence-electron chi connectivity index (χ2n) is 4.32. The van der Waals surface area contributed by atoms with Gasteiger partial charge in [0.05, 0.1) is 0 Å². The average molecular weight is 232 g/mol. The van der Waals surface area contributed by atoms with E-state index < -0.39 is 0 Å². The normalized spacial score (nSPS) is 16.1. The van der Waals surface area contributed by atoms with Gasteiger partial charge in [-0.25, -0.2) is 0 Å². The number of hydrogen-bond acceptors (Lipinski definition) is 1. The summed E-state index contributed by atoms with van der Waals surface area (Å²) in [5.41, 5.74) is 4.24. The molecule has 0 heterocycles. The molecule has 86 valence electrons. The van der Waals surface area contributed by atoms with Crippen LogP contribution in [0, 0.1) is 0 Å². The molecule has 0 unspecified atom stereocenters.